The van der Waals surface area contributed by atoms with Crippen LogP contribution < -0.4 is 0 Å². The third-order valence-corrected chi connectivity index (χ3v) is 4.13. The van der Waals surface area contributed by atoms with Gasteiger partial charge in [0.05, 0.1) is 12.7 Å². The van der Waals surface area contributed by atoms with Gasteiger partial charge in [-0.3, -0.25) is 9.59 Å². The minimum atomic E-state index is -0.385. The molecule has 108 valence electrons. The van der Waals surface area contributed by atoms with Crippen LogP contribution in [0, 0.1) is 6.92 Å². The van der Waals surface area contributed by atoms with E-state index in [9.17, 15) is 9.59 Å². The lowest BCUT2D eigenvalue weighted by molar-refractivity contribution is -0.160. The number of carbonyl (C=O) groups excluding carboxylic acids is 2. The standard InChI is InChI=1S/C14H19N3O3/c1-3-10-13(18)16-6-4-5-11(16)14(19)17(10)8-12-15-7-9(2)20-12/h7,10-11H,3-6,8H2,1-2H3. The van der Waals surface area contributed by atoms with Crippen molar-refractivity contribution in [3.05, 3.63) is 17.8 Å². The summed E-state index contributed by atoms with van der Waals surface area (Å²) in [6.07, 6.45) is 3.93. The molecule has 0 N–H and O–H groups in total. The maximum Gasteiger partial charge on any atom is 0.246 e. The van der Waals surface area contributed by atoms with Crippen LogP contribution in [0.15, 0.2) is 10.6 Å². The summed E-state index contributed by atoms with van der Waals surface area (Å²) in [6, 6.07) is -0.662. The predicted molar refractivity (Wildman–Crippen MR) is 70.6 cm³/mol. The molecule has 2 fully saturated rings. The summed E-state index contributed by atoms with van der Waals surface area (Å²) >= 11 is 0. The zero-order valence-electron chi connectivity index (χ0n) is 11.8. The Bertz CT molecular complexity index is 540. The van der Waals surface area contributed by atoms with Gasteiger partial charge < -0.3 is 14.2 Å². The summed E-state index contributed by atoms with van der Waals surface area (Å²) in [5.74, 6) is 1.31. The highest BCUT2D eigenvalue weighted by Crippen LogP contribution is 2.29. The smallest absolute Gasteiger partial charge is 0.246 e. The van der Waals surface area contributed by atoms with Crippen molar-refractivity contribution in [2.75, 3.05) is 6.54 Å². The number of hydrogen-bond acceptors (Lipinski definition) is 4. The molecule has 2 unspecified atom stereocenters. The molecule has 2 aliphatic rings. The highest BCUT2D eigenvalue weighted by molar-refractivity contribution is 5.97. The van der Waals surface area contributed by atoms with Gasteiger partial charge in [0, 0.05) is 6.54 Å². The van der Waals surface area contributed by atoms with Crippen molar-refractivity contribution in [2.45, 2.75) is 51.7 Å². The number of oxazole rings is 1. The van der Waals surface area contributed by atoms with Gasteiger partial charge in [0.1, 0.15) is 17.8 Å². The second-order valence-electron chi connectivity index (χ2n) is 5.44. The summed E-state index contributed by atoms with van der Waals surface area (Å²) < 4.78 is 5.44. The lowest BCUT2D eigenvalue weighted by atomic mass is 10.0. The monoisotopic (exact) mass is 277 g/mol. The fourth-order valence-electron chi connectivity index (χ4n) is 3.16. The van der Waals surface area contributed by atoms with E-state index in [-0.39, 0.29) is 30.4 Å². The van der Waals surface area contributed by atoms with Crippen molar-refractivity contribution >= 4 is 11.8 Å². The molecular formula is C14H19N3O3. The molecule has 3 heterocycles. The number of amides is 2. The molecule has 1 aromatic rings. The van der Waals surface area contributed by atoms with Crippen molar-refractivity contribution in [3.8, 4) is 0 Å². The Morgan fingerprint density at radius 1 is 1.40 bits per heavy atom. The van der Waals surface area contributed by atoms with Gasteiger partial charge in [0.25, 0.3) is 0 Å². The van der Waals surface area contributed by atoms with Crippen LogP contribution in [0.5, 0.6) is 0 Å². The molecular weight excluding hydrogens is 258 g/mol. The normalized spacial score (nSPS) is 26.3. The van der Waals surface area contributed by atoms with Gasteiger partial charge in [-0.1, -0.05) is 6.92 Å². The first-order chi connectivity index (χ1) is 9.61. The Kier molecular flexibility index (Phi) is 3.23. The fourth-order valence-corrected chi connectivity index (χ4v) is 3.16. The van der Waals surface area contributed by atoms with Crippen LogP contribution in [0.2, 0.25) is 0 Å². The quantitative estimate of drug-likeness (QED) is 0.829. The van der Waals surface area contributed by atoms with Gasteiger partial charge >= 0.3 is 0 Å². The van der Waals surface area contributed by atoms with Crippen molar-refractivity contribution in [2.24, 2.45) is 0 Å². The van der Waals surface area contributed by atoms with Gasteiger partial charge in [-0.15, -0.1) is 0 Å². The van der Waals surface area contributed by atoms with Crippen molar-refractivity contribution in [1.29, 1.82) is 0 Å². The molecule has 1 aromatic heterocycles. The average molecular weight is 277 g/mol. The molecule has 0 aromatic carbocycles. The largest absolute Gasteiger partial charge is 0.444 e. The molecule has 0 spiro atoms. The number of rotatable bonds is 3. The Morgan fingerprint density at radius 3 is 2.85 bits per heavy atom. The highest BCUT2D eigenvalue weighted by Gasteiger charge is 2.47. The van der Waals surface area contributed by atoms with E-state index in [1.165, 1.54) is 0 Å². The topological polar surface area (TPSA) is 66.7 Å². The van der Waals surface area contributed by atoms with Crippen LogP contribution in [0.25, 0.3) is 0 Å². The first-order valence-corrected chi connectivity index (χ1v) is 7.14. The van der Waals surface area contributed by atoms with E-state index in [4.69, 9.17) is 4.42 Å². The van der Waals surface area contributed by atoms with E-state index >= 15 is 0 Å². The lowest BCUT2D eigenvalue weighted by Crippen LogP contribution is -2.62. The highest BCUT2D eigenvalue weighted by atomic mass is 16.4. The van der Waals surface area contributed by atoms with E-state index < -0.39 is 0 Å². The number of nitrogens with zero attached hydrogens (tertiary/aromatic N) is 3. The second-order valence-corrected chi connectivity index (χ2v) is 5.44. The third kappa shape index (κ3) is 1.99. The Morgan fingerprint density at radius 2 is 2.20 bits per heavy atom. The Labute approximate surface area is 117 Å². The number of fused-ring (bicyclic) bond motifs is 1. The number of carbonyl (C=O) groups is 2. The van der Waals surface area contributed by atoms with Gasteiger partial charge in [-0.05, 0) is 26.2 Å². The zero-order chi connectivity index (χ0) is 14.3. The van der Waals surface area contributed by atoms with E-state index in [1.807, 2.05) is 13.8 Å². The van der Waals surface area contributed by atoms with Gasteiger partial charge in [-0.2, -0.15) is 0 Å². The molecule has 0 bridgehead atoms. The second kappa shape index (κ2) is 4.92. The van der Waals surface area contributed by atoms with Gasteiger partial charge in [-0.25, -0.2) is 4.98 Å². The van der Waals surface area contributed by atoms with Crippen molar-refractivity contribution < 1.29 is 14.0 Å². The van der Waals surface area contributed by atoms with E-state index in [0.717, 1.165) is 12.8 Å². The number of hydrogen-bond donors (Lipinski definition) is 0. The predicted octanol–water partition coefficient (Wildman–Crippen LogP) is 1.09. The van der Waals surface area contributed by atoms with Crippen LogP contribution in [-0.4, -0.2) is 45.2 Å². The minimum Gasteiger partial charge on any atom is -0.444 e. The summed E-state index contributed by atoms with van der Waals surface area (Å²) in [6.45, 7) is 4.73. The van der Waals surface area contributed by atoms with Crippen molar-refractivity contribution in [1.82, 2.24) is 14.8 Å². The maximum atomic E-state index is 12.6. The number of piperazine rings is 1. The first-order valence-electron chi connectivity index (χ1n) is 7.14. The molecule has 2 atom stereocenters. The minimum absolute atomic E-state index is 0.0322. The molecule has 3 rings (SSSR count). The summed E-state index contributed by atoms with van der Waals surface area (Å²) in [5, 5.41) is 0. The van der Waals surface area contributed by atoms with Crippen LogP contribution in [0.4, 0.5) is 0 Å². The fraction of sp³-hybridized carbons (Fsp3) is 0.643. The first kappa shape index (κ1) is 13.1. The maximum absolute atomic E-state index is 12.6. The van der Waals surface area contributed by atoms with Gasteiger partial charge in [0.2, 0.25) is 17.7 Å². The molecule has 20 heavy (non-hydrogen) atoms. The molecule has 6 nitrogen and oxygen atoms in total. The Balaban J connectivity index is 1.86. The summed E-state index contributed by atoms with van der Waals surface area (Å²) in [7, 11) is 0. The molecule has 0 aliphatic carbocycles. The molecule has 2 amide bonds. The Hall–Kier alpha value is -1.85. The summed E-state index contributed by atoms with van der Waals surface area (Å²) in [4.78, 5) is 32.6. The van der Waals surface area contributed by atoms with Crippen LogP contribution in [0.1, 0.15) is 37.8 Å². The zero-order valence-corrected chi connectivity index (χ0v) is 11.8. The number of aryl methyl sites for hydroxylation is 1. The van der Waals surface area contributed by atoms with Crippen LogP contribution in [-0.2, 0) is 16.1 Å². The van der Waals surface area contributed by atoms with Gasteiger partial charge in [0.15, 0.2) is 0 Å². The third-order valence-electron chi connectivity index (χ3n) is 4.13. The molecule has 2 aliphatic heterocycles. The SMILES string of the molecule is CCC1C(=O)N2CCCC2C(=O)N1Cc1ncc(C)o1. The number of aromatic nitrogens is 1. The lowest BCUT2D eigenvalue weighted by Gasteiger charge is -2.41. The molecule has 2 saturated heterocycles. The molecule has 0 saturated carbocycles. The average Bonchev–Trinajstić information content (AvgIpc) is 3.05. The van der Waals surface area contributed by atoms with Crippen molar-refractivity contribution in [3.63, 3.8) is 0 Å². The van der Waals surface area contributed by atoms with Crippen LogP contribution >= 0.6 is 0 Å². The summed E-state index contributed by atoms with van der Waals surface area (Å²) in [5.41, 5.74) is 0. The van der Waals surface area contributed by atoms with Crippen LogP contribution in [0.3, 0.4) is 0 Å². The molecule has 0 radical (unpaired) electrons. The van der Waals surface area contributed by atoms with E-state index in [0.29, 0.717) is 24.6 Å². The van der Waals surface area contributed by atoms with E-state index in [2.05, 4.69) is 4.98 Å². The van der Waals surface area contributed by atoms with E-state index in [1.54, 1.807) is 16.0 Å². The molecule has 6 heteroatoms.